The molecule has 1 saturated heterocycles. The second-order valence-corrected chi connectivity index (χ2v) is 6.70. The summed E-state index contributed by atoms with van der Waals surface area (Å²) in [7, 11) is 3.05. The van der Waals surface area contributed by atoms with E-state index in [9.17, 15) is 19.3 Å². The molecule has 0 unspecified atom stereocenters. The van der Waals surface area contributed by atoms with Crippen molar-refractivity contribution in [3.8, 4) is 11.5 Å². The van der Waals surface area contributed by atoms with E-state index in [0.29, 0.717) is 43.0 Å². The van der Waals surface area contributed by atoms with E-state index >= 15 is 0 Å². The quantitative estimate of drug-likeness (QED) is 0.586. The van der Waals surface area contributed by atoms with Gasteiger partial charge in [-0.15, -0.1) is 0 Å². The van der Waals surface area contributed by atoms with Crippen LogP contribution in [0.1, 0.15) is 23.2 Å². The van der Waals surface area contributed by atoms with E-state index in [1.165, 1.54) is 26.4 Å². The van der Waals surface area contributed by atoms with E-state index in [4.69, 9.17) is 9.47 Å². The monoisotopic (exact) mass is 403 g/mol. The zero-order valence-corrected chi connectivity index (χ0v) is 16.2. The molecule has 2 aromatic rings. The smallest absolute Gasteiger partial charge is 0.272 e. The van der Waals surface area contributed by atoms with E-state index in [-0.39, 0.29) is 23.3 Å². The summed E-state index contributed by atoms with van der Waals surface area (Å²) in [6.07, 6.45) is 1.27. The van der Waals surface area contributed by atoms with Gasteiger partial charge >= 0.3 is 0 Å². The van der Waals surface area contributed by atoms with E-state index in [2.05, 4.69) is 5.32 Å². The Labute approximate surface area is 167 Å². The number of non-ortho nitro benzene ring substituents is 1. The molecule has 29 heavy (non-hydrogen) atoms. The second-order valence-electron chi connectivity index (χ2n) is 6.70. The number of methoxy groups -OCH3 is 2. The summed E-state index contributed by atoms with van der Waals surface area (Å²) < 4.78 is 24.5. The SMILES string of the molecule is COc1ccc(C(=O)N2CCC(Nc3ccc([N+](=O)[O-])cc3F)CC2)cc1OC. The van der Waals surface area contributed by atoms with Gasteiger partial charge in [0.05, 0.1) is 30.9 Å². The van der Waals surface area contributed by atoms with Gasteiger partial charge in [0.25, 0.3) is 11.6 Å². The number of carbonyl (C=O) groups excluding carboxylic acids is 1. The number of nitro benzene ring substituents is 1. The Balaban J connectivity index is 1.60. The lowest BCUT2D eigenvalue weighted by atomic mass is 10.0. The van der Waals surface area contributed by atoms with Crippen molar-refractivity contribution in [2.24, 2.45) is 0 Å². The molecule has 2 aromatic carbocycles. The average Bonchev–Trinajstić information content (AvgIpc) is 2.74. The summed E-state index contributed by atoms with van der Waals surface area (Å²) >= 11 is 0. The number of anilines is 1. The molecule has 154 valence electrons. The van der Waals surface area contributed by atoms with Crippen molar-refractivity contribution in [1.29, 1.82) is 0 Å². The van der Waals surface area contributed by atoms with Crippen LogP contribution in [-0.4, -0.2) is 49.1 Å². The maximum absolute atomic E-state index is 14.1. The Hall–Kier alpha value is -3.36. The van der Waals surface area contributed by atoms with Gasteiger partial charge in [0.2, 0.25) is 0 Å². The van der Waals surface area contributed by atoms with Crippen LogP contribution in [0, 0.1) is 15.9 Å². The minimum Gasteiger partial charge on any atom is -0.493 e. The van der Waals surface area contributed by atoms with Crippen LogP contribution in [0.5, 0.6) is 11.5 Å². The normalized spacial score (nSPS) is 14.4. The molecule has 3 rings (SSSR count). The van der Waals surface area contributed by atoms with E-state index in [0.717, 1.165) is 6.07 Å². The number of hydrogen-bond acceptors (Lipinski definition) is 6. The number of nitrogens with zero attached hydrogens (tertiary/aromatic N) is 2. The molecule has 0 spiro atoms. The number of benzene rings is 2. The lowest BCUT2D eigenvalue weighted by Gasteiger charge is -2.33. The first-order chi connectivity index (χ1) is 13.9. The number of rotatable bonds is 6. The van der Waals surface area contributed by atoms with Crippen LogP contribution in [-0.2, 0) is 0 Å². The minimum absolute atomic E-state index is 0.0274. The molecule has 1 aliphatic rings. The van der Waals surface area contributed by atoms with Crippen LogP contribution in [0.25, 0.3) is 0 Å². The number of nitro groups is 1. The maximum atomic E-state index is 14.1. The lowest BCUT2D eigenvalue weighted by Crippen LogP contribution is -2.42. The van der Waals surface area contributed by atoms with Crippen molar-refractivity contribution in [3.63, 3.8) is 0 Å². The Bertz CT molecular complexity index is 913. The molecular formula is C20H22FN3O5. The zero-order valence-electron chi connectivity index (χ0n) is 16.2. The second kappa shape index (κ2) is 8.76. The number of carbonyl (C=O) groups is 1. The highest BCUT2D eigenvalue weighted by molar-refractivity contribution is 5.95. The van der Waals surface area contributed by atoms with Crippen LogP contribution in [0.15, 0.2) is 36.4 Å². The highest BCUT2D eigenvalue weighted by Gasteiger charge is 2.25. The highest BCUT2D eigenvalue weighted by Crippen LogP contribution is 2.29. The number of halogens is 1. The fourth-order valence-electron chi connectivity index (χ4n) is 3.33. The van der Waals surface area contributed by atoms with Gasteiger partial charge in [-0.05, 0) is 37.1 Å². The number of likely N-dealkylation sites (tertiary alicyclic amines) is 1. The lowest BCUT2D eigenvalue weighted by molar-refractivity contribution is -0.385. The van der Waals surface area contributed by atoms with Gasteiger partial charge in [0.1, 0.15) is 0 Å². The summed E-state index contributed by atoms with van der Waals surface area (Å²) in [5.41, 5.74) is 0.444. The molecule has 0 aliphatic carbocycles. The van der Waals surface area contributed by atoms with Gasteiger partial charge in [-0.25, -0.2) is 4.39 Å². The van der Waals surface area contributed by atoms with Crippen LogP contribution < -0.4 is 14.8 Å². The zero-order chi connectivity index (χ0) is 21.0. The third-order valence-corrected chi connectivity index (χ3v) is 4.94. The van der Waals surface area contributed by atoms with Gasteiger partial charge in [-0.2, -0.15) is 0 Å². The molecular weight excluding hydrogens is 381 g/mol. The van der Waals surface area contributed by atoms with Crippen molar-refractivity contribution in [1.82, 2.24) is 4.90 Å². The van der Waals surface area contributed by atoms with Gasteiger partial charge in [0, 0.05) is 30.8 Å². The van der Waals surface area contributed by atoms with Crippen molar-refractivity contribution in [3.05, 3.63) is 57.9 Å². The number of amides is 1. The van der Waals surface area contributed by atoms with Gasteiger partial charge < -0.3 is 19.7 Å². The van der Waals surface area contributed by atoms with E-state index in [1.807, 2.05) is 0 Å². The molecule has 8 nitrogen and oxygen atoms in total. The molecule has 1 amide bonds. The van der Waals surface area contributed by atoms with Crippen molar-refractivity contribution < 1.29 is 23.6 Å². The summed E-state index contributed by atoms with van der Waals surface area (Å²) in [4.78, 5) is 24.6. The van der Waals surface area contributed by atoms with E-state index < -0.39 is 10.7 Å². The summed E-state index contributed by atoms with van der Waals surface area (Å²) in [6.45, 7) is 1.03. The first kappa shape index (κ1) is 20.4. The van der Waals surface area contributed by atoms with Gasteiger partial charge in [-0.1, -0.05) is 0 Å². The Kier molecular flexibility index (Phi) is 6.16. The van der Waals surface area contributed by atoms with Crippen LogP contribution in [0.2, 0.25) is 0 Å². The molecule has 0 radical (unpaired) electrons. The van der Waals surface area contributed by atoms with Crippen LogP contribution in [0.4, 0.5) is 15.8 Å². The molecule has 1 fully saturated rings. The predicted molar refractivity (Wildman–Crippen MR) is 105 cm³/mol. The summed E-state index contributed by atoms with van der Waals surface area (Å²) in [5.74, 6) is 0.273. The molecule has 1 heterocycles. The molecule has 9 heteroatoms. The van der Waals surface area contributed by atoms with Crippen molar-refractivity contribution >= 4 is 17.3 Å². The average molecular weight is 403 g/mol. The Morgan fingerprint density at radius 3 is 2.41 bits per heavy atom. The molecule has 0 aromatic heterocycles. The van der Waals surface area contributed by atoms with Crippen LogP contribution in [0.3, 0.4) is 0 Å². The van der Waals surface area contributed by atoms with Crippen molar-refractivity contribution in [2.75, 3.05) is 32.6 Å². The largest absolute Gasteiger partial charge is 0.493 e. The van der Waals surface area contributed by atoms with Gasteiger partial charge in [-0.3, -0.25) is 14.9 Å². The predicted octanol–water partition coefficient (Wildman–Crippen LogP) is 3.47. The van der Waals surface area contributed by atoms with Crippen LogP contribution >= 0.6 is 0 Å². The number of ether oxygens (including phenoxy) is 2. The summed E-state index contributed by atoms with van der Waals surface area (Å²) in [5, 5.41) is 13.8. The van der Waals surface area contributed by atoms with Crippen molar-refractivity contribution in [2.45, 2.75) is 18.9 Å². The van der Waals surface area contributed by atoms with Gasteiger partial charge in [0.15, 0.2) is 17.3 Å². The third kappa shape index (κ3) is 4.56. The number of hydrogen-bond donors (Lipinski definition) is 1. The maximum Gasteiger partial charge on any atom is 0.272 e. The summed E-state index contributed by atoms with van der Waals surface area (Å²) in [6, 6.07) is 8.55. The molecule has 0 saturated carbocycles. The molecule has 1 aliphatic heterocycles. The molecule has 0 atom stereocenters. The first-order valence-corrected chi connectivity index (χ1v) is 9.14. The molecule has 0 bridgehead atoms. The minimum atomic E-state index is -0.664. The Morgan fingerprint density at radius 2 is 1.83 bits per heavy atom. The standard InChI is InChI=1S/C20H22FN3O5/c1-28-18-6-3-13(11-19(18)29-2)20(25)23-9-7-14(8-10-23)22-17-5-4-15(24(26)27)12-16(17)21/h3-6,11-12,14,22H,7-10H2,1-2H3. The fraction of sp³-hybridized carbons (Fsp3) is 0.350. The highest BCUT2D eigenvalue weighted by atomic mass is 19.1. The number of nitrogens with one attached hydrogen (secondary N) is 1. The fourth-order valence-corrected chi connectivity index (χ4v) is 3.33. The number of piperidine rings is 1. The third-order valence-electron chi connectivity index (χ3n) is 4.94. The Morgan fingerprint density at radius 1 is 1.14 bits per heavy atom. The first-order valence-electron chi connectivity index (χ1n) is 9.14. The topological polar surface area (TPSA) is 93.9 Å². The molecule has 1 N–H and O–H groups in total. The van der Waals surface area contributed by atoms with E-state index in [1.54, 1.807) is 23.1 Å².